The fraction of sp³-hybridized carbons (Fsp3) is 0. The molecule has 77 valence electrons. The van der Waals surface area contributed by atoms with Crippen LogP contribution in [0.15, 0.2) is 18.2 Å². The van der Waals surface area contributed by atoms with Crippen LogP contribution >= 0.6 is 0 Å². The highest BCUT2D eigenvalue weighted by atomic mass is 16.6. The van der Waals surface area contributed by atoms with Crippen LogP contribution in [-0.2, 0) is 4.79 Å². The molecule has 1 rings (SSSR count). The molecule has 0 spiro atoms. The predicted octanol–water partition coefficient (Wildman–Crippen LogP) is 0.949. The van der Waals surface area contributed by atoms with Gasteiger partial charge in [-0.15, -0.1) is 0 Å². The number of nitrogens with zero attached hydrogens (tertiary/aromatic N) is 2. The van der Waals surface area contributed by atoms with Gasteiger partial charge in [0.15, 0.2) is 0 Å². The molecule has 0 atom stereocenters. The fourth-order valence-electron chi connectivity index (χ4n) is 0.893. The Bertz CT molecular complexity index is 429. The van der Waals surface area contributed by atoms with Gasteiger partial charge < -0.3 is 4.74 Å². The number of carbonyl (C=O) groups excluding carboxylic acids is 1. The van der Waals surface area contributed by atoms with E-state index in [0.29, 0.717) is 6.07 Å². The number of nitro benzene ring substituents is 2. The summed E-state index contributed by atoms with van der Waals surface area (Å²) in [5.41, 5.74) is -1.12. The number of hydrogen-bond donors (Lipinski definition) is 0. The maximum absolute atomic E-state index is 10.4. The van der Waals surface area contributed by atoms with E-state index >= 15 is 0 Å². The van der Waals surface area contributed by atoms with Gasteiger partial charge in [-0.1, -0.05) is 0 Å². The number of rotatable bonds is 4. The van der Waals surface area contributed by atoms with E-state index in [0.717, 1.165) is 18.6 Å². The summed E-state index contributed by atoms with van der Waals surface area (Å²) in [7, 11) is 0. The van der Waals surface area contributed by atoms with Crippen molar-refractivity contribution in [1.29, 1.82) is 0 Å². The minimum absolute atomic E-state index is 0.388. The standard InChI is InChI=1S/C7H3N2O6/c10-4-15-7-2-1-5(8(11)12)3-6(7)9(13)14/h1-3H. The number of non-ortho nitro benzene ring substituents is 1. The Balaban J connectivity index is 3.26. The second kappa shape index (κ2) is 4.13. The normalized spacial score (nSPS) is 9.33. The van der Waals surface area contributed by atoms with Gasteiger partial charge in [-0.05, 0) is 6.07 Å². The SMILES string of the molecule is O=[C]Oc1ccc([N+](=O)[O-])cc1[N+](=O)[O-]. The highest BCUT2D eigenvalue weighted by Gasteiger charge is 2.20. The van der Waals surface area contributed by atoms with Gasteiger partial charge >= 0.3 is 12.2 Å². The van der Waals surface area contributed by atoms with Crippen molar-refractivity contribution in [2.45, 2.75) is 0 Å². The van der Waals surface area contributed by atoms with Crippen molar-refractivity contribution in [1.82, 2.24) is 0 Å². The molecule has 0 aliphatic carbocycles. The van der Waals surface area contributed by atoms with E-state index in [4.69, 9.17) is 0 Å². The molecule has 0 saturated carbocycles. The van der Waals surface area contributed by atoms with Crippen LogP contribution in [0.5, 0.6) is 5.75 Å². The molecule has 0 fully saturated rings. The van der Waals surface area contributed by atoms with Gasteiger partial charge in [0.25, 0.3) is 5.69 Å². The number of nitro groups is 2. The molecule has 15 heavy (non-hydrogen) atoms. The first-order chi connectivity index (χ1) is 7.06. The zero-order chi connectivity index (χ0) is 11.4. The van der Waals surface area contributed by atoms with Gasteiger partial charge in [0, 0.05) is 6.07 Å². The van der Waals surface area contributed by atoms with Gasteiger partial charge in [0.1, 0.15) is 0 Å². The third-order valence-electron chi connectivity index (χ3n) is 1.50. The van der Waals surface area contributed by atoms with Crippen molar-refractivity contribution in [3.05, 3.63) is 38.4 Å². The number of hydrogen-bond acceptors (Lipinski definition) is 6. The van der Waals surface area contributed by atoms with Crippen LogP contribution in [0.4, 0.5) is 11.4 Å². The Morgan fingerprint density at radius 2 is 1.87 bits per heavy atom. The van der Waals surface area contributed by atoms with Crippen molar-refractivity contribution in [3.63, 3.8) is 0 Å². The summed E-state index contributed by atoms with van der Waals surface area (Å²) >= 11 is 0. The summed E-state index contributed by atoms with van der Waals surface area (Å²) < 4.78 is 4.16. The molecule has 0 bridgehead atoms. The van der Waals surface area contributed by atoms with Crippen LogP contribution in [0.2, 0.25) is 0 Å². The van der Waals surface area contributed by atoms with Gasteiger partial charge in [-0.25, -0.2) is 4.79 Å². The van der Waals surface area contributed by atoms with Crippen molar-refractivity contribution in [3.8, 4) is 5.75 Å². The molecule has 8 heteroatoms. The molecule has 1 radical (unpaired) electrons. The third kappa shape index (κ3) is 2.24. The largest absolute Gasteiger partial charge is 0.423 e. The van der Waals surface area contributed by atoms with Crippen molar-refractivity contribution < 1.29 is 19.4 Å². The molecular formula is C7H3N2O6. The lowest BCUT2D eigenvalue weighted by atomic mass is 10.2. The average molecular weight is 211 g/mol. The maximum Gasteiger partial charge on any atom is 0.423 e. The van der Waals surface area contributed by atoms with Gasteiger partial charge in [-0.3, -0.25) is 20.2 Å². The zero-order valence-electron chi connectivity index (χ0n) is 7.08. The zero-order valence-corrected chi connectivity index (χ0v) is 7.08. The molecule has 0 aromatic heterocycles. The lowest BCUT2D eigenvalue weighted by Crippen LogP contribution is -1.97. The second-order valence-electron chi connectivity index (χ2n) is 2.35. The van der Waals surface area contributed by atoms with Crippen LogP contribution < -0.4 is 4.74 Å². The van der Waals surface area contributed by atoms with E-state index in [2.05, 4.69) is 4.74 Å². The highest BCUT2D eigenvalue weighted by Crippen LogP contribution is 2.30. The van der Waals surface area contributed by atoms with E-state index in [1.54, 1.807) is 0 Å². The van der Waals surface area contributed by atoms with E-state index < -0.39 is 21.2 Å². The second-order valence-corrected chi connectivity index (χ2v) is 2.35. The Hall–Kier alpha value is -2.51. The predicted molar refractivity (Wildman–Crippen MR) is 46.1 cm³/mol. The smallest absolute Gasteiger partial charge is 0.411 e. The third-order valence-corrected chi connectivity index (χ3v) is 1.50. The van der Waals surface area contributed by atoms with Crippen LogP contribution in [-0.4, -0.2) is 16.3 Å². The average Bonchev–Trinajstić information content (AvgIpc) is 2.18. The Kier molecular flexibility index (Phi) is 2.91. The molecule has 0 aliphatic rings. The van der Waals surface area contributed by atoms with Crippen LogP contribution in [0, 0.1) is 20.2 Å². The lowest BCUT2D eigenvalue weighted by molar-refractivity contribution is -0.394. The molecule has 1 aromatic rings. The summed E-state index contributed by atoms with van der Waals surface area (Å²) in [6.07, 6.45) is 0. The van der Waals surface area contributed by atoms with Crippen molar-refractivity contribution >= 4 is 17.8 Å². The van der Waals surface area contributed by atoms with E-state index in [-0.39, 0.29) is 5.75 Å². The summed E-state index contributed by atoms with van der Waals surface area (Å²) in [6, 6.07) is 2.65. The minimum atomic E-state index is -0.889. The van der Waals surface area contributed by atoms with Crippen LogP contribution in [0.1, 0.15) is 0 Å². The quantitative estimate of drug-likeness (QED) is 0.541. The Labute approximate surface area is 82.4 Å². The Morgan fingerprint density at radius 3 is 2.33 bits per heavy atom. The molecule has 1 aromatic carbocycles. The molecule has 8 nitrogen and oxygen atoms in total. The number of benzene rings is 1. The first-order valence-corrected chi connectivity index (χ1v) is 3.53. The van der Waals surface area contributed by atoms with Crippen molar-refractivity contribution in [2.24, 2.45) is 0 Å². The molecule has 0 aliphatic heterocycles. The molecule has 0 N–H and O–H groups in total. The number of ether oxygens (including phenoxy) is 1. The molecule has 0 heterocycles. The molecule has 0 unspecified atom stereocenters. The summed E-state index contributed by atoms with van der Waals surface area (Å²) in [6.45, 7) is 1.00. The van der Waals surface area contributed by atoms with E-state index in [1.165, 1.54) is 0 Å². The molecule has 0 amide bonds. The highest BCUT2D eigenvalue weighted by molar-refractivity contribution is 5.58. The molecule has 0 saturated heterocycles. The lowest BCUT2D eigenvalue weighted by Gasteiger charge is -1.98. The summed E-state index contributed by atoms with van der Waals surface area (Å²) in [4.78, 5) is 28.9. The topological polar surface area (TPSA) is 113 Å². The fourth-order valence-corrected chi connectivity index (χ4v) is 0.893. The molecular weight excluding hydrogens is 208 g/mol. The van der Waals surface area contributed by atoms with Crippen LogP contribution in [0.3, 0.4) is 0 Å². The first-order valence-electron chi connectivity index (χ1n) is 3.53. The van der Waals surface area contributed by atoms with Gasteiger partial charge in [0.2, 0.25) is 5.75 Å². The van der Waals surface area contributed by atoms with Gasteiger partial charge in [-0.2, -0.15) is 0 Å². The van der Waals surface area contributed by atoms with Crippen molar-refractivity contribution in [2.75, 3.05) is 0 Å². The minimum Gasteiger partial charge on any atom is -0.411 e. The van der Waals surface area contributed by atoms with E-state index in [9.17, 15) is 25.0 Å². The summed E-state index contributed by atoms with van der Waals surface area (Å²) in [5, 5.41) is 20.8. The Morgan fingerprint density at radius 1 is 1.20 bits per heavy atom. The first kappa shape index (κ1) is 10.6. The van der Waals surface area contributed by atoms with Gasteiger partial charge in [0.05, 0.1) is 15.9 Å². The van der Waals surface area contributed by atoms with Crippen LogP contribution in [0.25, 0.3) is 0 Å². The monoisotopic (exact) mass is 211 g/mol. The van der Waals surface area contributed by atoms with E-state index in [1.807, 2.05) is 0 Å². The maximum atomic E-state index is 10.4. The summed E-state index contributed by atoms with van der Waals surface area (Å²) in [5.74, 6) is -0.388.